The molecule has 1 heterocycles. The van der Waals surface area contributed by atoms with Gasteiger partial charge in [-0.2, -0.15) is 0 Å². The number of H-pyrrole nitrogens is 1. The highest BCUT2D eigenvalue weighted by molar-refractivity contribution is 6.35. The molecule has 0 bridgehead atoms. The third kappa shape index (κ3) is 3.52. The molecule has 2 aromatic carbocycles. The number of aromatic nitrogens is 2. The largest absolute Gasteiger partial charge is 0.497 e. The van der Waals surface area contributed by atoms with Crippen molar-refractivity contribution in [2.75, 3.05) is 12.4 Å². The maximum Gasteiger partial charge on any atom is 0.441 e. The van der Waals surface area contributed by atoms with Gasteiger partial charge in [0, 0.05) is 17.2 Å². The molecule has 1 aromatic heterocycles. The lowest BCUT2D eigenvalue weighted by Crippen LogP contribution is -2.42. The van der Waals surface area contributed by atoms with Crippen LogP contribution in [0.15, 0.2) is 51.8 Å². The fraction of sp³-hybridized carbons (Fsp3) is 0.0625. The van der Waals surface area contributed by atoms with Crippen molar-refractivity contribution in [1.29, 1.82) is 0 Å². The fourth-order valence-electron chi connectivity index (χ4n) is 2.15. The highest BCUT2D eigenvalue weighted by Crippen LogP contribution is 2.25. The number of ether oxygens (including phenoxy) is 1. The van der Waals surface area contributed by atoms with Crippen molar-refractivity contribution < 1.29 is 18.7 Å². The van der Waals surface area contributed by atoms with Crippen molar-refractivity contribution in [1.82, 2.24) is 5.27 Å². The number of anilines is 1. The van der Waals surface area contributed by atoms with E-state index >= 15 is 0 Å². The molecule has 0 aliphatic heterocycles. The van der Waals surface area contributed by atoms with E-state index in [4.69, 9.17) is 32.5 Å². The second kappa shape index (κ2) is 7.00. The Bertz CT molecular complexity index is 980. The van der Waals surface area contributed by atoms with Crippen LogP contribution >= 0.6 is 23.2 Å². The first-order chi connectivity index (χ1) is 12.0. The minimum absolute atomic E-state index is 0.249. The molecule has 0 saturated heterocycles. The van der Waals surface area contributed by atoms with Crippen molar-refractivity contribution in [2.45, 2.75) is 0 Å². The number of benzene rings is 2. The molecule has 0 atom stereocenters. The van der Waals surface area contributed by atoms with E-state index in [1.807, 2.05) is 0 Å². The zero-order valence-corrected chi connectivity index (χ0v) is 14.4. The van der Waals surface area contributed by atoms with E-state index in [9.17, 15) is 9.59 Å². The molecule has 9 heteroatoms. The van der Waals surface area contributed by atoms with Crippen molar-refractivity contribution in [3.05, 3.63) is 68.6 Å². The van der Waals surface area contributed by atoms with Gasteiger partial charge in [-0.25, -0.2) is 4.79 Å². The van der Waals surface area contributed by atoms with Gasteiger partial charge in [0.1, 0.15) is 5.75 Å². The van der Waals surface area contributed by atoms with E-state index in [0.29, 0.717) is 16.5 Å². The fourth-order valence-corrected chi connectivity index (χ4v) is 2.49. The van der Waals surface area contributed by atoms with E-state index < -0.39 is 11.5 Å². The Morgan fingerprint density at radius 3 is 2.60 bits per heavy atom. The predicted octanol–water partition coefficient (Wildman–Crippen LogP) is 2.81. The van der Waals surface area contributed by atoms with Crippen LogP contribution < -0.4 is 20.4 Å². The molecule has 0 fully saturated rings. The SMILES string of the molecule is COc1ccc(-[n+]2[nH]oc(=O)c2C(=O)Nc2cc(Cl)ccc2Cl)cc1. The van der Waals surface area contributed by atoms with Crippen LogP contribution in [0.3, 0.4) is 0 Å². The van der Waals surface area contributed by atoms with Gasteiger partial charge >= 0.3 is 17.2 Å². The average Bonchev–Trinajstić information content (AvgIpc) is 3.00. The highest BCUT2D eigenvalue weighted by atomic mass is 35.5. The predicted molar refractivity (Wildman–Crippen MR) is 91.8 cm³/mol. The number of nitrogens with zero attached hydrogens (tertiary/aromatic N) is 1. The van der Waals surface area contributed by atoms with E-state index in [0.717, 1.165) is 0 Å². The summed E-state index contributed by atoms with van der Waals surface area (Å²) in [6.45, 7) is 0. The first kappa shape index (κ1) is 17.1. The molecule has 3 aromatic rings. The monoisotopic (exact) mass is 380 g/mol. The van der Waals surface area contributed by atoms with Crippen LogP contribution in [0, 0.1) is 0 Å². The van der Waals surface area contributed by atoms with Crippen molar-refractivity contribution >= 4 is 34.8 Å². The van der Waals surface area contributed by atoms with Gasteiger partial charge in [0.05, 0.1) is 17.8 Å². The molecule has 3 rings (SSSR count). The number of nitrogens with one attached hydrogen (secondary N) is 2. The maximum absolute atomic E-state index is 12.5. The summed E-state index contributed by atoms with van der Waals surface area (Å²) in [7, 11) is 1.54. The topological polar surface area (TPSA) is 88.2 Å². The first-order valence-corrected chi connectivity index (χ1v) is 7.79. The second-order valence-corrected chi connectivity index (χ2v) is 5.78. The molecule has 0 unspecified atom stereocenters. The Kier molecular flexibility index (Phi) is 4.78. The number of aromatic amines is 1. The molecule has 0 radical (unpaired) electrons. The van der Waals surface area contributed by atoms with Crippen LogP contribution in [0.1, 0.15) is 10.5 Å². The maximum atomic E-state index is 12.5. The van der Waals surface area contributed by atoms with Crippen LogP contribution in [-0.2, 0) is 0 Å². The van der Waals surface area contributed by atoms with Gasteiger partial charge in [-0.1, -0.05) is 23.2 Å². The summed E-state index contributed by atoms with van der Waals surface area (Å²) in [6.07, 6.45) is 0. The molecule has 2 N–H and O–H groups in total. The first-order valence-electron chi connectivity index (χ1n) is 7.04. The zero-order valence-electron chi connectivity index (χ0n) is 12.9. The van der Waals surface area contributed by atoms with Gasteiger partial charge < -0.3 is 10.1 Å². The van der Waals surface area contributed by atoms with Gasteiger partial charge in [0.2, 0.25) is 5.69 Å². The molecule has 1 amide bonds. The minimum Gasteiger partial charge on any atom is -0.497 e. The standard InChI is InChI=1S/C16H11Cl2N3O4/c1-24-11-5-3-10(4-6-11)21-14(16(23)25-20-21)15(22)19-13-8-9(17)2-7-12(13)18/h2-8H,1H3,(H-,19,20,22,23)/p+1. The summed E-state index contributed by atoms with van der Waals surface area (Å²) >= 11 is 11.9. The lowest BCUT2D eigenvalue weighted by Gasteiger charge is -2.04. The number of hydrogen-bond acceptors (Lipinski definition) is 4. The van der Waals surface area contributed by atoms with E-state index in [1.165, 1.54) is 23.9 Å². The average molecular weight is 381 g/mol. The number of amides is 1. The van der Waals surface area contributed by atoms with E-state index in [1.54, 1.807) is 30.3 Å². The Hall–Kier alpha value is -2.77. The quantitative estimate of drug-likeness (QED) is 0.681. The summed E-state index contributed by atoms with van der Waals surface area (Å²) in [5.74, 6) is -0.0677. The van der Waals surface area contributed by atoms with Crippen LogP contribution in [0.2, 0.25) is 10.0 Å². The molecule has 0 spiro atoms. The number of rotatable bonds is 4. The third-order valence-corrected chi connectivity index (χ3v) is 3.93. The van der Waals surface area contributed by atoms with Gasteiger partial charge in [-0.05, 0) is 40.3 Å². The molecule has 128 valence electrons. The molecule has 0 saturated carbocycles. The Balaban J connectivity index is 1.96. The number of halogens is 2. The summed E-state index contributed by atoms with van der Waals surface area (Å²) < 4.78 is 11.0. The molecular formula is C16H12Cl2N3O4+. The number of carbonyl (C=O) groups is 1. The molecule has 0 aliphatic carbocycles. The van der Waals surface area contributed by atoms with Crippen LogP contribution in [-0.4, -0.2) is 18.3 Å². The number of carbonyl (C=O) groups excluding carboxylic acids is 1. The van der Waals surface area contributed by atoms with Crippen LogP contribution in [0.25, 0.3) is 5.69 Å². The van der Waals surface area contributed by atoms with Crippen molar-refractivity contribution in [3.63, 3.8) is 0 Å². The summed E-state index contributed by atoms with van der Waals surface area (Å²) in [5.41, 5.74) is -0.289. The van der Waals surface area contributed by atoms with Crippen LogP contribution in [0.5, 0.6) is 5.75 Å². The lowest BCUT2D eigenvalue weighted by atomic mass is 10.2. The number of hydrogen-bond donors (Lipinski definition) is 2. The zero-order chi connectivity index (χ0) is 18.0. The van der Waals surface area contributed by atoms with Gasteiger partial charge in [-0.3, -0.25) is 9.32 Å². The molecule has 0 aliphatic rings. The minimum atomic E-state index is -0.827. The van der Waals surface area contributed by atoms with E-state index in [-0.39, 0.29) is 16.4 Å². The van der Waals surface area contributed by atoms with Gasteiger partial charge in [0.25, 0.3) is 0 Å². The number of methoxy groups -OCH3 is 1. The third-order valence-electron chi connectivity index (χ3n) is 3.37. The normalized spacial score (nSPS) is 10.5. The van der Waals surface area contributed by atoms with E-state index in [2.05, 4.69) is 10.6 Å². The van der Waals surface area contributed by atoms with Crippen molar-refractivity contribution in [2.24, 2.45) is 0 Å². The summed E-state index contributed by atoms with van der Waals surface area (Å²) in [4.78, 5) is 24.5. The smallest absolute Gasteiger partial charge is 0.441 e. The molecular weight excluding hydrogens is 369 g/mol. The van der Waals surface area contributed by atoms with Crippen molar-refractivity contribution in [3.8, 4) is 11.4 Å². The van der Waals surface area contributed by atoms with Crippen LogP contribution in [0.4, 0.5) is 5.69 Å². The molecule has 25 heavy (non-hydrogen) atoms. The summed E-state index contributed by atoms with van der Waals surface area (Å²) in [5, 5.41) is 5.61. The van der Waals surface area contributed by atoms with Gasteiger partial charge in [-0.15, -0.1) is 0 Å². The summed E-state index contributed by atoms with van der Waals surface area (Å²) in [6, 6.07) is 11.3. The molecule has 7 nitrogen and oxygen atoms in total. The Morgan fingerprint density at radius 2 is 1.92 bits per heavy atom. The van der Waals surface area contributed by atoms with Gasteiger partial charge in [0.15, 0.2) is 0 Å². The highest BCUT2D eigenvalue weighted by Gasteiger charge is 2.31. The second-order valence-electron chi connectivity index (χ2n) is 4.94. The lowest BCUT2D eigenvalue weighted by molar-refractivity contribution is -0.672. The Morgan fingerprint density at radius 1 is 1.20 bits per heavy atom. The Labute approximate surface area is 151 Å².